The normalized spacial score (nSPS) is 9.50. The number of nitrogens with zero attached hydrogens (tertiary/aromatic N) is 1. The van der Waals surface area contributed by atoms with Crippen LogP contribution in [0.15, 0.2) is 18.7 Å². The lowest BCUT2D eigenvalue weighted by Gasteiger charge is -2.06. The van der Waals surface area contributed by atoms with Crippen molar-refractivity contribution >= 4 is 26.3 Å². The Bertz CT molecular complexity index is 312. The van der Waals surface area contributed by atoms with Crippen LogP contribution in [0.1, 0.15) is 5.56 Å². The maximum Gasteiger partial charge on any atom is 0.135 e. The predicted molar refractivity (Wildman–Crippen MR) is 54.0 cm³/mol. The molecule has 0 fully saturated rings. The van der Waals surface area contributed by atoms with Crippen molar-refractivity contribution in [1.82, 2.24) is 4.98 Å². The number of ether oxygens (including phenoxy) is 1. The van der Waals surface area contributed by atoms with Gasteiger partial charge in [-0.25, -0.2) is 4.98 Å². The minimum Gasteiger partial charge on any atom is -0.497 e. The van der Waals surface area contributed by atoms with Crippen LogP contribution in [0.25, 0.3) is 5.76 Å². The molecule has 0 aliphatic heterocycles. The quantitative estimate of drug-likeness (QED) is 0.543. The molecule has 0 aliphatic carbocycles. The van der Waals surface area contributed by atoms with E-state index in [2.05, 4.69) is 20.8 Å². The zero-order chi connectivity index (χ0) is 9.14. The average Bonchev–Trinajstić information content (AvgIpc) is 2.03. The molecule has 0 amide bonds. The molecule has 12 heavy (non-hydrogen) atoms. The Balaban J connectivity index is 3.09. The Labute approximate surface area is 73.8 Å². The molecule has 1 rings (SSSR count). The number of nitrogen functional groups attached to an aromatic ring is 1. The second-order valence-corrected chi connectivity index (χ2v) is 2.89. The van der Waals surface area contributed by atoms with Crippen LogP contribution in [0, 0.1) is 0 Å². The van der Waals surface area contributed by atoms with E-state index in [4.69, 9.17) is 10.5 Å². The number of methoxy groups -OCH3 is 1. The topological polar surface area (TPSA) is 48.1 Å². The smallest absolute Gasteiger partial charge is 0.135 e. The largest absolute Gasteiger partial charge is 0.497 e. The van der Waals surface area contributed by atoms with Gasteiger partial charge in [0.1, 0.15) is 11.6 Å². The van der Waals surface area contributed by atoms with Crippen LogP contribution in [0.4, 0.5) is 5.82 Å². The van der Waals surface area contributed by atoms with Crippen LogP contribution in [0.3, 0.4) is 0 Å². The number of nitrogens with two attached hydrogens (primary N) is 1. The highest BCUT2D eigenvalue weighted by atomic mass is 31.0. The zero-order valence-corrected chi connectivity index (χ0v) is 8.03. The van der Waals surface area contributed by atoms with Gasteiger partial charge >= 0.3 is 0 Å². The summed E-state index contributed by atoms with van der Waals surface area (Å²) in [5.41, 5.74) is 7.18. The van der Waals surface area contributed by atoms with Gasteiger partial charge in [-0.3, -0.25) is 0 Å². The van der Waals surface area contributed by atoms with Crippen molar-refractivity contribution in [3.8, 4) is 0 Å². The SMILES string of the molecule is C=C(OC)c1ccc(P)nc1N. The highest BCUT2D eigenvalue weighted by molar-refractivity contribution is 7.26. The van der Waals surface area contributed by atoms with Crippen LogP contribution in [-0.2, 0) is 4.74 Å². The molecule has 1 unspecified atom stereocenters. The minimum atomic E-state index is 0.439. The number of rotatable bonds is 2. The molecule has 2 N–H and O–H groups in total. The average molecular weight is 182 g/mol. The van der Waals surface area contributed by atoms with Crippen molar-refractivity contribution in [2.75, 3.05) is 12.8 Å². The van der Waals surface area contributed by atoms with E-state index in [0.29, 0.717) is 11.6 Å². The maximum absolute atomic E-state index is 5.63. The van der Waals surface area contributed by atoms with Gasteiger partial charge in [0, 0.05) is 0 Å². The molecule has 0 bridgehead atoms. The van der Waals surface area contributed by atoms with Gasteiger partial charge < -0.3 is 10.5 Å². The lowest BCUT2D eigenvalue weighted by Crippen LogP contribution is -2.05. The third-order valence-corrected chi connectivity index (χ3v) is 1.81. The van der Waals surface area contributed by atoms with E-state index in [9.17, 15) is 0 Å². The number of aromatic nitrogens is 1. The molecule has 0 saturated heterocycles. The van der Waals surface area contributed by atoms with E-state index in [1.54, 1.807) is 7.11 Å². The maximum atomic E-state index is 5.63. The lowest BCUT2D eigenvalue weighted by molar-refractivity contribution is 0.371. The number of anilines is 1. The molecule has 0 aromatic carbocycles. The Morgan fingerprint density at radius 3 is 2.83 bits per heavy atom. The first-order valence-corrected chi connectivity index (χ1v) is 3.98. The van der Waals surface area contributed by atoms with E-state index in [1.165, 1.54) is 0 Å². The highest BCUT2D eigenvalue weighted by Crippen LogP contribution is 2.16. The van der Waals surface area contributed by atoms with Crippen molar-refractivity contribution in [1.29, 1.82) is 0 Å². The fourth-order valence-electron chi connectivity index (χ4n) is 0.836. The molecular formula is C8H11N2OP. The summed E-state index contributed by atoms with van der Waals surface area (Å²) in [6, 6.07) is 3.66. The molecule has 0 spiro atoms. The lowest BCUT2D eigenvalue weighted by atomic mass is 10.2. The van der Waals surface area contributed by atoms with E-state index < -0.39 is 0 Å². The third kappa shape index (κ3) is 1.74. The first-order chi connectivity index (χ1) is 5.65. The molecule has 1 aromatic rings. The molecule has 3 nitrogen and oxygen atoms in total. The van der Waals surface area contributed by atoms with Gasteiger partial charge in [-0.1, -0.05) is 15.8 Å². The van der Waals surface area contributed by atoms with Gasteiger partial charge in [-0.15, -0.1) is 0 Å². The molecule has 0 saturated carbocycles. The Kier molecular flexibility index (Phi) is 2.66. The zero-order valence-electron chi connectivity index (χ0n) is 6.87. The van der Waals surface area contributed by atoms with Crippen LogP contribution in [0.2, 0.25) is 0 Å². The first kappa shape index (κ1) is 9.01. The molecule has 0 aliphatic rings. The predicted octanol–water partition coefficient (Wildman–Crippen LogP) is 0.781. The summed E-state index contributed by atoms with van der Waals surface area (Å²) in [4.78, 5) is 4.04. The molecule has 64 valence electrons. The van der Waals surface area contributed by atoms with Crippen molar-refractivity contribution in [3.05, 3.63) is 24.3 Å². The van der Waals surface area contributed by atoms with Gasteiger partial charge in [0.25, 0.3) is 0 Å². The van der Waals surface area contributed by atoms with Crippen LogP contribution >= 0.6 is 9.24 Å². The van der Waals surface area contributed by atoms with Crippen molar-refractivity contribution in [3.63, 3.8) is 0 Å². The van der Waals surface area contributed by atoms with Gasteiger partial charge in [-0.2, -0.15) is 0 Å². The highest BCUT2D eigenvalue weighted by Gasteiger charge is 2.03. The standard InChI is InChI=1S/C8H11N2OP/c1-5(11-2)6-3-4-7(12)10-8(6)9/h3-4H,1,12H2,2H3,(H2,9,10). The molecular weight excluding hydrogens is 171 g/mol. The second kappa shape index (κ2) is 3.55. The summed E-state index contributed by atoms with van der Waals surface area (Å²) in [5.74, 6) is 0.972. The Morgan fingerprint density at radius 2 is 2.33 bits per heavy atom. The summed E-state index contributed by atoms with van der Waals surface area (Å²) in [7, 11) is 4.02. The van der Waals surface area contributed by atoms with Crippen molar-refractivity contribution < 1.29 is 4.74 Å². The molecule has 1 aromatic heterocycles. The van der Waals surface area contributed by atoms with Crippen LogP contribution < -0.4 is 11.2 Å². The first-order valence-electron chi connectivity index (χ1n) is 3.40. The van der Waals surface area contributed by atoms with Gasteiger partial charge in [0.2, 0.25) is 0 Å². The third-order valence-electron chi connectivity index (χ3n) is 1.49. The second-order valence-electron chi connectivity index (χ2n) is 2.30. The van der Waals surface area contributed by atoms with Gasteiger partial charge in [0.15, 0.2) is 0 Å². The number of hydrogen-bond acceptors (Lipinski definition) is 3. The van der Waals surface area contributed by atoms with Crippen LogP contribution in [0.5, 0.6) is 0 Å². The van der Waals surface area contributed by atoms with E-state index >= 15 is 0 Å². The number of pyridine rings is 1. The summed E-state index contributed by atoms with van der Waals surface area (Å²) < 4.78 is 4.94. The summed E-state index contributed by atoms with van der Waals surface area (Å²) in [6.07, 6.45) is 0. The van der Waals surface area contributed by atoms with Crippen molar-refractivity contribution in [2.24, 2.45) is 0 Å². The van der Waals surface area contributed by atoms with E-state index in [0.717, 1.165) is 11.0 Å². The molecule has 1 atom stereocenters. The fraction of sp³-hybridized carbons (Fsp3) is 0.125. The molecule has 4 heteroatoms. The molecule has 1 heterocycles. The summed E-state index contributed by atoms with van der Waals surface area (Å²) in [6.45, 7) is 3.68. The van der Waals surface area contributed by atoms with E-state index in [-0.39, 0.29) is 0 Å². The minimum absolute atomic E-state index is 0.439. The van der Waals surface area contributed by atoms with E-state index in [1.807, 2.05) is 12.1 Å². The van der Waals surface area contributed by atoms with Gasteiger partial charge in [-0.05, 0) is 12.1 Å². The fourth-order valence-corrected chi connectivity index (χ4v) is 1.07. The molecule has 0 radical (unpaired) electrons. The van der Waals surface area contributed by atoms with Crippen molar-refractivity contribution in [2.45, 2.75) is 0 Å². The Morgan fingerprint density at radius 1 is 1.67 bits per heavy atom. The monoisotopic (exact) mass is 182 g/mol. The Hall–Kier alpha value is -1.08. The summed E-state index contributed by atoms with van der Waals surface area (Å²) in [5, 5.41) is 0. The summed E-state index contributed by atoms with van der Waals surface area (Å²) >= 11 is 0. The van der Waals surface area contributed by atoms with Gasteiger partial charge in [0.05, 0.1) is 18.1 Å². The van der Waals surface area contributed by atoms with Crippen LogP contribution in [-0.4, -0.2) is 12.1 Å². The number of hydrogen-bond donors (Lipinski definition) is 1.